The van der Waals surface area contributed by atoms with Gasteiger partial charge in [0.05, 0.1) is 33.6 Å². The van der Waals surface area contributed by atoms with Crippen LogP contribution >= 0.6 is 0 Å². The van der Waals surface area contributed by atoms with Crippen LogP contribution in [0.4, 0.5) is 46.5 Å². The molecule has 2 N–H and O–H groups in total. The van der Waals surface area contributed by atoms with Gasteiger partial charge in [0.2, 0.25) is 0 Å². The van der Waals surface area contributed by atoms with Crippen molar-refractivity contribution in [3.8, 4) is 0 Å². The predicted molar refractivity (Wildman–Crippen MR) is 90.9 cm³/mol. The molecule has 0 unspecified atom stereocenters. The van der Waals surface area contributed by atoms with E-state index in [1.54, 1.807) is 0 Å². The van der Waals surface area contributed by atoms with Crippen LogP contribution in [0.3, 0.4) is 0 Å². The predicted octanol–water partition coefficient (Wildman–Crippen LogP) is 6.37. The van der Waals surface area contributed by atoms with Crippen LogP contribution in [-0.2, 0) is 33.9 Å². The minimum atomic E-state index is -4.75. The van der Waals surface area contributed by atoms with Gasteiger partial charge in [-0.25, -0.2) is 9.47 Å². The number of alkyl halides is 8. The first-order valence-electron chi connectivity index (χ1n) is 8.83. The number of rotatable bonds is 2. The monoisotopic (exact) mass is 448 g/mol. The fraction of sp³-hybridized carbons (Fsp3) is 0.667. The molecule has 0 radical (unpaired) electrons. The van der Waals surface area contributed by atoms with Crippen molar-refractivity contribution < 1.29 is 44.6 Å². The lowest BCUT2D eigenvalue weighted by atomic mass is 9.90. The largest absolute Gasteiger partial charge is 0.390 e. The van der Waals surface area contributed by atoms with E-state index in [9.17, 15) is 35.1 Å². The van der Waals surface area contributed by atoms with Crippen LogP contribution in [0.2, 0.25) is 0 Å². The summed E-state index contributed by atoms with van der Waals surface area (Å²) < 4.78 is 124. The first-order chi connectivity index (χ1) is 13.1. The summed E-state index contributed by atoms with van der Waals surface area (Å²) in [7, 11) is 0. The van der Waals surface area contributed by atoms with Crippen molar-refractivity contribution in [2.75, 3.05) is 10.6 Å². The molecule has 0 atom stereocenters. The molecular formula is C18H20F8N2O2. The van der Waals surface area contributed by atoms with Gasteiger partial charge in [-0.1, -0.05) is 0 Å². The molecule has 1 aromatic rings. The van der Waals surface area contributed by atoms with Gasteiger partial charge in [0.15, 0.2) is 0 Å². The number of anilines is 2. The van der Waals surface area contributed by atoms with Gasteiger partial charge in [0.1, 0.15) is 0 Å². The van der Waals surface area contributed by atoms with Crippen LogP contribution < -0.4 is 10.6 Å². The van der Waals surface area contributed by atoms with Crippen molar-refractivity contribution in [3.63, 3.8) is 0 Å². The van der Waals surface area contributed by atoms with Gasteiger partial charge in [-0.05, 0) is 41.5 Å². The van der Waals surface area contributed by atoms with Crippen LogP contribution in [0, 0.1) is 0 Å². The minimum Gasteiger partial charge on any atom is -0.379 e. The molecule has 0 aromatic heterocycles. The van der Waals surface area contributed by atoms with Gasteiger partial charge in [-0.15, -0.1) is 0 Å². The van der Waals surface area contributed by atoms with E-state index in [-0.39, 0.29) is 0 Å². The van der Waals surface area contributed by atoms with Crippen molar-refractivity contribution in [1.82, 2.24) is 0 Å². The van der Waals surface area contributed by atoms with Crippen molar-refractivity contribution in [2.45, 2.75) is 77.1 Å². The zero-order valence-electron chi connectivity index (χ0n) is 16.8. The van der Waals surface area contributed by atoms with Gasteiger partial charge < -0.3 is 10.6 Å². The summed E-state index contributed by atoms with van der Waals surface area (Å²) >= 11 is 0. The molecule has 0 saturated carbocycles. The minimum absolute atomic E-state index is 1.25. The van der Waals surface area contributed by atoms with Gasteiger partial charge >= 0.3 is 24.4 Å². The maximum absolute atomic E-state index is 14.6. The number of hydrogen-bond donors (Lipinski definition) is 2. The number of benzene rings is 1. The fourth-order valence-electron chi connectivity index (χ4n) is 3.44. The second-order valence-corrected chi connectivity index (χ2v) is 9.27. The SMILES string of the molecule is CC(C)(C)Nc1c2c(c(NC(C)(C)C)c3c1C(F)(F)OC3(F)F)C(F)(F)OC2(F)F. The highest BCUT2D eigenvalue weighted by atomic mass is 19.3. The van der Waals surface area contributed by atoms with Crippen molar-refractivity contribution in [3.05, 3.63) is 22.3 Å². The molecule has 0 bridgehead atoms. The Balaban J connectivity index is 2.57. The summed E-state index contributed by atoms with van der Waals surface area (Å²) in [4.78, 5) is 0. The molecule has 0 amide bonds. The van der Waals surface area contributed by atoms with Gasteiger partial charge in [0, 0.05) is 11.1 Å². The van der Waals surface area contributed by atoms with Crippen LogP contribution in [0.5, 0.6) is 0 Å². The van der Waals surface area contributed by atoms with E-state index in [4.69, 9.17) is 0 Å². The Kier molecular flexibility index (Phi) is 4.50. The van der Waals surface area contributed by atoms with Crippen molar-refractivity contribution in [1.29, 1.82) is 0 Å². The second kappa shape index (κ2) is 5.90. The maximum Gasteiger partial charge on any atom is 0.390 e. The molecule has 0 aliphatic carbocycles. The van der Waals surface area contributed by atoms with E-state index in [1.165, 1.54) is 41.5 Å². The molecule has 2 heterocycles. The van der Waals surface area contributed by atoms with E-state index < -0.39 is 69.1 Å². The zero-order chi connectivity index (χ0) is 23.3. The average Bonchev–Trinajstić information content (AvgIpc) is 2.73. The van der Waals surface area contributed by atoms with Gasteiger partial charge in [0.25, 0.3) is 0 Å². The third kappa shape index (κ3) is 3.57. The first-order valence-corrected chi connectivity index (χ1v) is 8.83. The zero-order valence-corrected chi connectivity index (χ0v) is 16.8. The topological polar surface area (TPSA) is 42.5 Å². The Labute approximate surface area is 166 Å². The van der Waals surface area contributed by atoms with Crippen LogP contribution in [0.1, 0.15) is 63.8 Å². The Morgan fingerprint density at radius 3 is 0.867 bits per heavy atom. The highest BCUT2D eigenvalue weighted by molar-refractivity contribution is 5.80. The quantitative estimate of drug-likeness (QED) is 0.408. The van der Waals surface area contributed by atoms with Crippen molar-refractivity contribution >= 4 is 11.4 Å². The summed E-state index contributed by atoms with van der Waals surface area (Å²) in [6, 6.07) is 0. The fourth-order valence-corrected chi connectivity index (χ4v) is 3.44. The molecule has 12 heteroatoms. The lowest BCUT2D eigenvalue weighted by molar-refractivity contribution is -0.371. The number of halogens is 8. The highest BCUT2D eigenvalue weighted by Gasteiger charge is 2.68. The molecule has 2 aliphatic heterocycles. The first kappa shape index (κ1) is 22.9. The van der Waals surface area contributed by atoms with Crippen LogP contribution in [0.25, 0.3) is 0 Å². The van der Waals surface area contributed by atoms with Gasteiger partial charge in [-0.3, -0.25) is 0 Å². The highest BCUT2D eigenvalue weighted by Crippen LogP contribution is 2.65. The Morgan fingerprint density at radius 2 is 0.700 bits per heavy atom. The third-order valence-electron chi connectivity index (χ3n) is 4.18. The molecule has 2 aliphatic rings. The summed E-state index contributed by atoms with van der Waals surface area (Å²) in [5.74, 6) is 0. The molecule has 0 fully saturated rings. The normalized spacial score (nSPS) is 23.1. The van der Waals surface area contributed by atoms with E-state index in [0.717, 1.165) is 0 Å². The van der Waals surface area contributed by atoms with E-state index in [1.807, 2.05) is 0 Å². The molecule has 3 rings (SSSR count). The number of nitrogens with one attached hydrogen (secondary N) is 2. The van der Waals surface area contributed by atoms with Crippen LogP contribution in [0.15, 0.2) is 0 Å². The molecule has 1 aromatic carbocycles. The van der Waals surface area contributed by atoms with Crippen molar-refractivity contribution in [2.24, 2.45) is 0 Å². The molecule has 170 valence electrons. The maximum atomic E-state index is 14.6. The summed E-state index contributed by atoms with van der Waals surface area (Å²) in [5, 5.41) is 4.49. The van der Waals surface area contributed by atoms with Gasteiger partial charge in [-0.2, -0.15) is 35.1 Å². The smallest absolute Gasteiger partial charge is 0.379 e. The summed E-state index contributed by atoms with van der Waals surface area (Å²) in [6.45, 7) is 8.11. The molecular weight excluding hydrogens is 428 g/mol. The lowest BCUT2D eigenvalue weighted by Crippen LogP contribution is -2.32. The molecule has 4 nitrogen and oxygen atoms in total. The van der Waals surface area contributed by atoms with E-state index >= 15 is 0 Å². The number of ether oxygens (including phenoxy) is 2. The van der Waals surface area contributed by atoms with Crippen LogP contribution in [-0.4, -0.2) is 11.1 Å². The Bertz CT molecular complexity index is 775. The summed E-state index contributed by atoms with van der Waals surface area (Å²) in [6.07, 6.45) is -19.0. The Hall–Kier alpha value is -1.82. The molecule has 0 saturated heterocycles. The van der Waals surface area contributed by atoms with E-state index in [0.29, 0.717) is 0 Å². The average molecular weight is 448 g/mol. The number of hydrogen-bond acceptors (Lipinski definition) is 4. The molecule has 30 heavy (non-hydrogen) atoms. The Morgan fingerprint density at radius 1 is 0.500 bits per heavy atom. The third-order valence-corrected chi connectivity index (χ3v) is 4.18. The summed E-state index contributed by atoms with van der Waals surface area (Å²) in [5.41, 5.74) is -11.6. The standard InChI is InChI=1S/C18H20F8N2O2/c1-13(2,3)27-11-7-9(17(23,24)29-15(7,19)20)12(28-14(4,5)6)10-8(11)16(21,22)30-18(10,25)26/h27-28H,1-6H3. The number of fused-ring (bicyclic) bond motifs is 2. The van der Waals surface area contributed by atoms with E-state index in [2.05, 4.69) is 20.1 Å². The second-order valence-electron chi connectivity index (χ2n) is 9.27. The molecule has 0 spiro atoms. The lowest BCUT2D eigenvalue weighted by Gasteiger charge is -2.31.